The molecule has 2 rings (SSSR count). The first-order valence-electron chi connectivity index (χ1n) is 4.98. The van der Waals surface area contributed by atoms with Crippen molar-refractivity contribution in [2.45, 2.75) is 25.9 Å². The van der Waals surface area contributed by atoms with Gasteiger partial charge in [-0.25, -0.2) is 4.98 Å². The summed E-state index contributed by atoms with van der Waals surface area (Å²) in [7, 11) is 0. The molecular weight excluding hydrogens is 190 g/mol. The van der Waals surface area contributed by atoms with Crippen molar-refractivity contribution in [3.05, 3.63) is 42.4 Å². The van der Waals surface area contributed by atoms with Crippen LogP contribution in [0.15, 0.2) is 35.2 Å². The van der Waals surface area contributed by atoms with Gasteiger partial charge in [0.15, 0.2) is 0 Å². The Bertz CT molecular complexity index is 417. The van der Waals surface area contributed by atoms with Gasteiger partial charge in [-0.1, -0.05) is 0 Å². The smallest absolute Gasteiger partial charge is 0.128 e. The lowest BCUT2D eigenvalue weighted by molar-refractivity contribution is 0.386. The molecule has 2 N–H and O–H groups in total. The molecule has 0 aliphatic rings. The van der Waals surface area contributed by atoms with E-state index in [2.05, 4.69) is 4.98 Å². The fourth-order valence-corrected chi connectivity index (χ4v) is 1.79. The molecule has 0 saturated heterocycles. The second-order valence-corrected chi connectivity index (χ2v) is 3.70. The molecule has 2 heterocycles. The van der Waals surface area contributed by atoms with Gasteiger partial charge in [0.2, 0.25) is 0 Å². The molecule has 15 heavy (non-hydrogen) atoms. The fourth-order valence-electron chi connectivity index (χ4n) is 1.79. The van der Waals surface area contributed by atoms with Crippen molar-refractivity contribution in [2.75, 3.05) is 0 Å². The monoisotopic (exact) mass is 205 g/mol. The average Bonchev–Trinajstić information content (AvgIpc) is 2.79. The van der Waals surface area contributed by atoms with Crippen LogP contribution in [0.2, 0.25) is 0 Å². The van der Waals surface area contributed by atoms with E-state index in [1.165, 1.54) is 0 Å². The Balaban J connectivity index is 2.41. The number of furan rings is 1. The standard InChI is InChI=1S/C11H15N3O/c1-8(12)11(10-4-3-7-15-10)14-6-5-13-9(14)2/h3-8,11H,12H2,1-2H3. The Morgan fingerprint density at radius 2 is 2.33 bits per heavy atom. The molecule has 0 radical (unpaired) electrons. The molecule has 0 saturated carbocycles. The molecule has 0 aliphatic carbocycles. The topological polar surface area (TPSA) is 57.0 Å². The third-order valence-electron chi connectivity index (χ3n) is 2.49. The lowest BCUT2D eigenvalue weighted by Crippen LogP contribution is -2.30. The maximum Gasteiger partial charge on any atom is 0.128 e. The third kappa shape index (κ3) is 1.80. The van der Waals surface area contributed by atoms with Gasteiger partial charge in [-0.3, -0.25) is 0 Å². The van der Waals surface area contributed by atoms with Gasteiger partial charge in [0, 0.05) is 18.4 Å². The lowest BCUT2D eigenvalue weighted by atomic mass is 10.1. The highest BCUT2D eigenvalue weighted by atomic mass is 16.3. The van der Waals surface area contributed by atoms with E-state index in [0.29, 0.717) is 0 Å². The molecule has 2 unspecified atom stereocenters. The molecule has 0 spiro atoms. The van der Waals surface area contributed by atoms with E-state index in [4.69, 9.17) is 10.2 Å². The van der Waals surface area contributed by atoms with Crippen molar-refractivity contribution in [2.24, 2.45) is 5.73 Å². The molecule has 2 aromatic heterocycles. The second-order valence-electron chi connectivity index (χ2n) is 3.70. The minimum absolute atomic E-state index is 0.0162. The summed E-state index contributed by atoms with van der Waals surface area (Å²) in [4.78, 5) is 4.20. The highest BCUT2D eigenvalue weighted by Gasteiger charge is 2.21. The summed E-state index contributed by atoms with van der Waals surface area (Å²) < 4.78 is 7.44. The van der Waals surface area contributed by atoms with Gasteiger partial charge in [-0.15, -0.1) is 0 Å². The summed E-state index contributed by atoms with van der Waals surface area (Å²) in [6.07, 6.45) is 5.36. The van der Waals surface area contributed by atoms with Crippen LogP contribution in [0, 0.1) is 6.92 Å². The second kappa shape index (κ2) is 3.90. The van der Waals surface area contributed by atoms with Crippen LogP contribution in [0.1, 0.15) is 24.6 Å². The van der Waals surface area contributed by atoms with Crippen molar-refractivity contribution in [3.8, 4) is 0 Å². The van der Waals surface area contributed by atoms with Crippen LogP contribution in [-0.4, -0.2) is 15.6 Å². The first-order chi connectivity index (χ1) is 7.20. The van der Waals surface area contributed by atoms with Crippen LogP contribution >= 0.6 is 0 Å². The molecule has 80 valence electrons. The highest BCUT2D eigenvalue weighted by molar-refractivity contribution is 5.11. The lowest BCUT2D eigenvalue weighted by Gasteiger charge is -2.21. The quantitative estimate of drug-likeness (QED) is 0.830. The number of aryl methyl sites for hydroxylation is 1. The van der Waals surface area contributed by atoms with E-state index >= 15 is 0 Å². The maximum atomic E-state index is 5.98. The number of imidazole rings is 1. The number of hydrogen-bond acceptors (Lipinski definition) is 3. The summed E-state index contributed by atoms with van der Waals surface area (Å²) in [5.41, 5.74) is 5.98. The van der Waals surface area contributed by atoms with Crippen LogP contribution in [0.3, 0.4) is 0 Å². The minimum atomic E-state index is -0.0240. The molecule has 0 aromatic carbocycles. The predicted octanol–water partition coefficient (Wildman–Crippen LogP) is 1.72. The van der Waals surface area contributed by atoms with Gasteiger partial charge in [0.25, 0.3) is 0 Å². The Labute approximate surface area is 88.7 Å². The van der Waals surface area contributed by atoms with Gasteiger partial charge in [-0.2, -0.15) is 0 Å². The van der Waals surface area contributed by atoms with Gasteiger partial charge < -0.3 is 14.7 Å². The maximum absolute atomic E-state index is 5.98. The van der Waals surface area contributed by atoms with Crippen molar-refractivity contribution in [1.29, 1.82) is 0 Å². The first-order valence-corrected chi connectivity index (χ1v) is 4.98. The molecule has 0 amide bonds. The summed E-state index contributed by atoms with van der Waals surface area (Å²) in [5, 5.41) is 0. The summed E-state index contributed by atoms with van der Waals surface area (Å²) >= 11 is 0. The summed E-state index contributed by atoms with van der Waals surface area (Å²) in [5.74, 6) is 1.81. The van der Waals surface area contributed by atoms with Gasteiger partial charge in [-0.05, 0) is 26.0 Å². The average molecular weight is 205 g/mol. The Morgan fingerprint density at radius 1 is 1.53 bits per heavy atom. The van der Waals surface area contributed by atoms with E-state index < -0.39 is 0 Å². The molecule has 0 fully saturated rings. The third-order valence-corrected chi connectivity index (χ3v) is 2.49. The molecule has 4 nitrogen and oxygen atoms in total. The molecule has 0 bridgehead atoms. The zero-order chi connectivity index (χ0) is 10.8. The van der Waals surface area contributed by atoms with E-state index in [9.17, 15) is 0 Å². The number of nitrogens with two attached hydrogens (primary N) is 1. The van der Waals surface area contributed by atoms with Gasteiger partial charge in [0.1, 0.15) is 17.6 Å². The SMILES string of the molecule is Cc1nccn1C(c1ccco1)C(C)N. The van der Waals surface area contributed by atoms with Crippen molar-refractivity contribution in [1.82, 2.24) is 9.55 Å². The van der Waals surface area contributed by atoms with E-state index in [0.717, 1.165) is 11.6 Å². The number of nitrogens with zero attached hydrogens (tertiary/aromatic N) is 2. The Morgan fingerprint density at radius 3 is 2.80 bits per heavy atom. The van der Waals surface area contributed by atoms with E-state index in [1.807, 2.05) is 36.7 Å². The molecule has 0 aliphatic heterocycles. The number of hydrogen-bond donors (Lipinski definition) is 1. The van der Waals surface area contributed by atoms with Crippen LogP contribution in [-0.2, 0) is 0 Å². The molecular formula is C11H15N3O. The van der Waals surface area contributed by atoms with Crippen molar-refractivity contribution < 1.29 is 4.42 Å². The number of rotatable bonds is 3. The predicted molar refractivity (Wildman–Crippen MR) is 57.5 cm³/mol. The van der Waals surface area contributed by atoms with E-state index in [1.54, 1.807) is 12.5 Å². The first kappa shape index (κ1) is 9.98. The molecule has 2 aromatic rings. The normalized spacial score (nSPS) is 15.1. The van der Waals surface area contributed by atoms with Gasteiger partial charge >= 0.3 is 0 Å². The Hall–Kier alpha value is -1.55. The Kier molecular flexibility index (Phi) is 2.60. The van der Waals surface area contributed by atoms with Crippen molar-refractivity contribution in [3.63, 3.8) is 0 Å². The van der Waals surface area contributed by atoms with Crippen LogP contribution < -0.4 is 5.73 Å². The molecule has 4 heteroatoms. The van der Waals surface area contributed by atoms with Crippen molar-refractivity contribution >= 4 is 0 Å². The zero-order valence-electron chi connectivity index (χ0n) is 8.92. The molecule has 2 atom stereocenters. The zero-order valence-corrected chi connectivity index (χ0v) is 8.92. The minimum Gasteiger partial charge on any atom is -0.467 e. The summed E-state index contributed by atoms with van der Waals surface area (Å²) in [6, 6.07) is 3.80. The highest BCUT2D eigenvalue weighted by Crippen LogP contribution is 2.22. The van der Waals surface area contributed by atoms with Gasteiger partial charge in [0.05, 0.1) is 6.26 Å². The van der Waals surface area contributed by atoms with E-state index in [-0.39, 0.29) is 12.1 Å². The van der Waals surface area contributed by atoms with Crippen LogP contribution in [0.25, 0.3) is 0 Å². The largest absolute Gasteiger partial charge is 0.467 e. The number of aromatic nitrogens is 2. The summed E-state index contributed by atoms with van der Waals surface area (Å²) in [6.45, 7) is 3.92. The van der Waals surface area contributed by atoms with Crippen LogP contribution in [0.5, 0.6) is 0 Å². The fraction of sp³-hybridized carbons (Fsp3) is 0.364. The van der Waals surface area contributed by atoms with Crippen LogP contribution in [0.4, 0.5) is 0 Å².